The number of primary amides is 3. The first-order chi connectivity index (χ1) is 63.6. The molecule has 0 bridgehead atoms. The van der Waals surface area contributed by atoms with Crippen LogP contribution in [0.5, 0.6) is 0 Å². The van der Waals surface area contributed by atoms with Crippen molar-refractivity contribution in [3.05, 3.63) is 35.9 Å². The number of carbonyl (C=O) groups excluding carboxylic acids is 23. The summed E-state index contributed by atoms with van der Waals surface area (Å²) in [4.78, 5) is 314. The van der Waals surface area contributed by atoms with E-state index < -0.39 is 297 Å². The molecule has 1 saturated heterocycles. The maximum atomic E-state index is 14.6. The van der Waals surface area contributed by atoms with Crippen LogP contribution < -0.4 is 118 Å². The molecule has 0 spiro atoms. The smallest absolute Gasteiger partial charge is 0.248 e. The summed E-state index contributed by atoms with van der Waals surface area (Å²) in [5.41, 5.74) is 1.08. The second-order valence-corrected chi connectivity index (χ2v) is 40.8. The van der Waals surface area contributed by atoms with Crippen molar-refractivity contribution in [2.45, 2.75) is 368 Å². The number of carbonyl (C=O) groups is 23. The molecule has 26 N–H and O–H groups in total. The number of likely N-dealkylation sites (tertiary alicyclic amines) is 1. The van der Waals surface area contributed by atoms with E-state index in [-0.39, 0.29) is 51.0 Å². The van der Waals surface area contributed by atoms with Crippen LogP contribution in [0.4, 0.5) is 0 Å². The van der Waals surface area contributed by atoms with Crippen molar-refractivity contribution in [2.75, 3.05) is 19.7 Å². The van der Waals surface area contributed by atoms with Gasteiger partial charge in [-0.2, -0.15) is 0 Å². The quantitative estimate of drug-likeness (QED) is 0.0292. The Kier molecular flexibility index (Phi) is 45.3. The first-order valence-corrected chi connectivity index (χ1v) is 46.3. The van der Waals surface area contributed by atoms with Crippen molar-refractivity contribution in [2.24, 2.45) is 35.0 Å². The van der Waals surface area contributed by atoms with Crippen molar-refractivity contribution in [1.29, 1.82) is 0 Å². The highest BCUT2D eigenvalue weighted by molar-refractivity contribution is 6.05. The molecular formula is C92H153N23O24. The van der Waals surface area contributed by atoms with E-state index in [2.05, 4.69) is 101 Å². The number of benzene rings is 1. The third-order valence-corrected chi connectivity index (χ3v) is 23.0. The van der Waals surface area contributed by atoms with Gasteiger partial charge >= 0.3 is 0 Å². The molecule has 23 amide bonds. The van der Waals surface area contributed by atoms with E-state index in [0.717, 1.165) is 5.56 Å². The van der Waals surface area contributed by atoms with Gasteiger partial charge in [0.05, 0.1) is 19.2 Å². The van der Waals surface area contributed by atoms with Gasteiger partial charge in [-0.1, -0.05) is 78.8 Å². The standard InChI is InChI=1S/C92H153N23O24/c1-28-92(27,82(138)103-56(37-40-61(94)119)69(125)101-55(36-39-60(93)118)68(124)99-54(46-116)44-53-33-30-29-31-34-53)114-81(137)90(23,24)112-73(129)64(48(4)5)104-72(128)59-35-32-42-115(59)83(139)91(25,26)110-71(127)58(43-47(2)3)100-63(121)45-96-75(131)84(11,12)111-74(130)65(49(6)7)105-79(135)87(17,18)109-70(126)57(38-41-62(95)120)102-78(134)88(19,20)113-80(136)89(21,22)108-67(123)51(9)98-77(133)86(15,16)107-66(122)50(8)97-76(132)85(13,14)106-52(10)117/h29-31,33-34,47-51,54-59,64-65,116H,28,32,35-46H2,1-27H3,(H2,93,118)(H2,94,119)(H2,95,120)(H,96,131)(H,97,132)(H,98,133)(H,99,124)(H,100,121)(H,101,125)(H,102,134)(H,103,138)(H,104,128)(H,105,135)(H,106,117)(H,107,122)(H,108,123)(H,109,126)(H,110,127)(H,111,130)(H,112,129)(H,113,136)(H,114,137). The van der Waals surface area contributed by atoms with Crippen molar-refractivity contribution in [3.63, 3.8) is 0 Å². The van der Waals surface area contributed by atoms with E-state index in [9.17, 15) is 115 Å². The lowest BCUT2D eigenvalue weighted by Crippen LogP contribution is -2.67. The van der Waals surface area contributed by atoms with Crippen LogP contribution in [0.15, 0.2) is 30.3 Å². The second kappa shape index (κ2) is 51.6. The molecule has 47 heteroatoms. The number of aliphatic hydroxyl groups excluding tert-OH is 1. The highest BCUT2D eigenvalue weighted by Gasteiger charge is 2.49. The lowest BCUT2D eigenvalue weighted by atomic mass is 9.93. The lowest BCUT2D eigenvalue weighted by Gasteiger charge is -2.36. The minimum Gasteiger partial charge on any atom is -0.394 e. The molecule has 0 aliphatic carbocycles. The molecule has 47 nitrogen and oxygen atoms in total. The summed E-state index contributed by atoms with van der Waals surface area (Å²) in [5, 5.41) is 58.5. The summed E-state index contributed by atoms with van der Waals surface area (Å²) in [6, 6.07) is -4.43. The van der Waals surface area contributed by atoms with Crippen LogP contribution in [0.25, 0.3) is 0 Å². The van der Waals surface area contributed by atoms with Crippen molar-refractivity contribution >= 4 is 136 Å². The van der Waals surface area contributed by atoms with Crippen LogP contribution in [0, 0.1) is 17.8 Å². The van der Waals surface area contributed by atoms with Crippen molar-refractivity contribution in [3.8, 4) is 0 Å². The molecule has 1 aliphatic heterocycles. The van der Waals surface area contributed by atoms with Gasteiger partial charge in [0.2, 0.25) is 136 Å². The van der Waals surface area contributed by atoms with Crippen LogP contribution in [0.2, 0.25) is 0 Å². The van der Waals surface area contributed by atoms with E-state index in [1.54, 1.807) is 71.9 Å². The molecule has 139 heavy (non-hydrogen) atoms. The molecule has 1 aromatic carbocycles. The summed E-state index contributed by atoms with van der Waals surface area (Å²) in [7, 11) is 0. The molecule has 1 aromatic rings. The molecule has 2 rings (SSSR count). The molecule has 1 heterocycles. The summed E-state index contributed by atoms with van der Waals surface area (Å²) in [6.07, 6.45) is -1.93. The normalized spacial score (nSPS) is 15.5. The van der Waals surface area contributed by atoms with Crippen LogP contribution in [0.1, 0.15) is 257 Å². The highest BCUT2D eigenvalue weighted by atomic mass is 16.3. The Hall–Kier alpha value is -13.0. The number of hydrogen-bond acceptors (Lipinski definition) is 24. The van der Waals surface area contributed by atoms with Crippen molar-refractivity contribution < 1.29 is 115 Å². The van der Waals surface area contributed by atoms with Crippen LogP contribution in [-0.4, -0.2) is 276 Å². The maximum Gasteiger partial charge on any atom is 0.248 e. The third-order valence-electron chi connectivity index (χ3n) is 23.0. The molecular weight excluding hydrogens is 1810 g/mol. The van der Waals surface area contributed by atoms with Gasteiger partial charge in [0, 0.05) is 32.7 Å². The number of aliphatic hydroxyl groups is 1. The summed E-state index contributed by atoms with van der Waals surface area (Å²) < 4.78 is 0. The Balaban J connectivity index is 2.20. The largest absolute Gasteiger partial charge is 0.394 e. The molecule has 11 atom stereocenters. The van der Waals surface area contributed by atoms with Crippen LogP contribution in [-0.2, 0) is 117 Å². The SMILES string of the molecule is CCC(C)(NC(=O)C(C)(C)NC(=O)C(NC(=O)C1CCCN1C(=O)C(C)(C)NC(=O)C(CC(C)C)NC(=O)CNC(=O)C(C)(C)NC(=O)C(NC(=O)C(C)(C)NC(=O)C(CCC(N)=O)NC(=O)C(C)(C)NC(=O)C(C)(C)NC(=O)C(C)NC(=O)C(C)(C)NC(=O)C(C)NC(=O)C(C)(C)NC(C)=O)C(C)C)C(C)C)C(=O)NC(CCC(N)=O)C(=O)NC(CCC(N)=O)C(=O)NC(CO)Cc1ccccc1. The zero-order chi connectivity index (χ0) is 107. The minimum absolute atomic E-state index is 0.00549. The number of rotatable bonds is 55. The number of amides is 23. The van der Waals surface area contributed by atoms with Crippen LogP contribution in [0.3, 0.4) is 0 Å². The number of nitrogens with two attached hydrogens (primary N) is 3. The fourth-order valence-corrected chi connectivity index (χ4v) is 13.9. The highest BCUT2D eigenvalue weighted by Crippen LogP contribution is 2.25. The predicted molar refractivity (Wildman–Crippen MR) is 508 cm³/mol. The monoisotopic (exact) mass is 1960 g/mol. The molecule has 780 valence electrons. The molecule has 0 radical (unpaired) electrons. The van der Waals surface area contributed by atoms with Gasteiger partial charge in [-0.3, -0.25) is 110 Å². The molecule has 11 unspecified atom stereocenters. The Labute approximate surface area is 812 Å². The van der Waals surface area contributed by atoms with Gasteiger partial charge in [0.15, 0.2) is 0 Å². The first kappa shape index (κ1) is 122. The molecule has 0 saturated carbocycles. The Morgan fingerprint density at radius 2 is 0.755 bits per heavy atom. The average molecular weight is 1970 g/mol. The third kappa shape index (κ3) is 38.7. The number of nitrogens with zero attached hydrogens (tertiary/aromatic N) is 1. The van der Waals surface area contributed by atoms with Gasteiger partial charge < -0.3 is 128 Å². The fraction of sp³-hybridized carbons (Fsp3) is 0.685. The van der Waals surface area contributed by atoms with Crippen LogP contribution >= 0.6 is 0 Å². The Morgan fingerprint density at radius 1 is 0.388 bits per heavy atom. The second-order valence-electron chi connectivity index (χ2n) is 40.8. The zero-order valence-corrected chi connectivity index (χ0v) is 85.3. The first-order valence-electron chi connectivity index (χ1n) is 46.3. The maximum absolute atomic E-state index is 14.6. The van der Waals surface area contributed by atoms with E-state index >= 15 is 0 Å². The fourth-order valence-electron chi connectivity index (χ4n) is 13.9. The number of nitrogens with one attached hydrogen (secondary N) is 19. The number of hydrogen-bond donors (Lipinski definition) is 23. The van der Waals surface area contributed by atoms with E-state index in [4.69, 9.17) is 17.2 Å². The van der Waals surface area contributed by atoms with Gasteiger partial charge in [-0.15, -0.1) is 0 Å². The van der Waals surface area contributed by atoms with Gasteiger partial charge in [0.25, 0.3) is 0 Å². The molecule has 1 aliphatic rings. The summed E-state index contributed by atoms with van der Waals surface area (Å²) in [5.74, 6) is -21.4. The van der Waals surface area contributed by atoms with Gasteiger partial charge in [-0.05, 0) is 206 Å². The van der Waals surface area contributed by atoms with Gasteiger partial charge in [-0.25, -0.2) is 0 Å². The van der Waals surface area contributed by atoms with E-state index in [0.29, 0.717) is 6.42 Å². The molecule has 1 fully saturated rings. The average Bonchev–Trinajstić information content (AvgIpc) is 1.76. The van der Waals surface area contributed by atoms with Gasteiger partial charge in [0.1, 0.15) is 104 Å². The summed E-state index contributed by atoms with van der Waals surface area (Å²) in [6.45, 7) is 36.4. The van der Waals surface area contributed by atoms with E-state index in [1.807, 2.05) is 0 Å². The lowest BCUT2D eigenvalue weighted by molar-refractivity contribution is -0.146. The summed E-state index contributed by atoms with van der Waals surface area (Å²) >= 11 is 0. The Bertz CT molecular complexity index is 4680. The zero-order valence-electron chi connectivity index (χ0n) is 85.3. The van der Waals surface area contributed by atoms with Crippen molar-refractivity contribution in [1.82, 2.24) is 106 Å². The topological polar surface area (TPSA) is 723 Å². The minimum atomic E-state index is -1.92. The predicted octanol–water partition coefficient (Wildman–Crippen LogP) is -4.65. The molecule has 0 aromatic heterocycles. The van der Waals surface area contributed by atoms with E-state index in [1.165, 1.54) is 150 Å². The Morgan fingerprint density at radius 3 is 1.19 bits per heavy atom.